The van der Waals surface area contributed by atoms with E-state index >= 15 is 0 Å². The number of halogens is 3. The van der Waals surface area contributed by atoms with Gasteiger partial charge in [-0.2, -0.15) is 0 Å². The third-order valence-electron chi connectivity index (χ3n) is 12.3. The molecule has 0 aliphatic carbocycles. The minimum Gasteiger partial charge on any atom is -0.454 e. The number of nitrogens with zero attached hydrogens (tertiary/aromatic N) is 8. The van der Waals surface area contributed by atoms with Crippen LogP contribution in [0.4, 0.5) is 0 Å². The molecule has 0 amide bonds. The largest absolute Gasteiger partial charge is 0.454 e. The second-order valence-corrected chi connectivity index (χ2v) is 18.6. The van der Waals surface area contributed by atoms with E-state index in [1.807, 2.05) is 86.4 Å². The Hall–Kier alpha value is -5.76. The van der Waals surface area contributed by atoms with Crippen LogP contribution in [0.5, 0.6) is 46.0 Å². The summed E-state index contributed by atoms with van der Waals surface area (Å²) >= 11 is 11.3. The van der Waals surface area contributed by atoms with Gasteiger partial charge in [0.2, 0.25) is 33.1 Å². The number of imidazole rings is 1. The van der Waals surface area contributed by atoms with Gasteiger partial charge >= 0.3 is 0 Å². The molecule has 2 aromatic heterocycles. The summed E-state index contributed by atoms with van der Waals surface area (Å²) in [6.45, 7) is 10.7. The Kier molecular flexibility index (Phi) is 20.7. The van der Waals surface area contributed by atoms with E-state index in [2.05, 4.69) is 60.9 Å². The molecule has 1 fully saturated rings. The van der Waals surface area contributed by atoms with E-state index in [1.165, 1.54) is 17.5 Å². The van der Waals surface area contributed by atoms with Crippen LogP contribution in [0.1, 0.15) is 52.5 Å². The number of hydrogen-bond acceptors (Lipinski definition) is 16. The molecule has 1 N–H and O–H groups in total. The van der Waals surface area contributed by atoms with Crippen LogP contribution in [0.2, 0.25) is 0 Å². The molecule has 6 aromatic rings. The van der Waals surface area contributed by atoms with Gasteiger partial charge in [0.15, 0.2) is 46.0 Å². The summed E-state index contributed by atoms with van der Waals surface area (Å²) < 4.78 is 44.2. The molecule has 1 unspecified atom stereocenters. The number of hydrogen-bond donors (Lipinski definition) is 1. The van der Waals surface area contributed by atoms with Crippen LogP contribution in [-0.2, 0) is 25.5 Å². The second-order valence-electron chi connectivity index (χ2n) is 17.9. The molecule has 5 aliphatic heterocycles. The Balaban J connectivity index is 0.000000156. The fraction of sp³-hybridized carbons (Fsp3) is 0.415. The van der Waals surface area contributed by atoms with E-state index in [0.29, 0.717) is 57.5 Å². The minimum atomic E-state index is 0. The lowest BCUT2D eigenvalue weighted by atomic mass is 10.1. The van der Waals surface area contributed by atoms with Crippen molar-refractivity contribution in [3.8, 4) is 51.9 Å². The lowest BCUT2D eigenvalue weighted by Gasteiger charge is -2.27. The number of ether oxygens (including phenoxy) is 8. The van der Waals surface area contributed by atoms with Crippen molar-refractivity contribution < 1.29 is 43.0 Å². The van der Waals surface area contributed by atoms with Crippen molar-refractivity contribution in [3.05, 3.63) is 131 Å². The molecule has 392 valence electrons. The fourth-order valence-corrected chi connectivity index (χ4v) is 9.05. The van der Waals surface area contributed by atoms with Crippen LogP contribution in [0.15, 0.2) is 97.6 Å². The zero-order valence-electron chi connectivity index (χ0n) is 41.8. The Bertz CT molecular complexity index is 2600. The van der Waals surface area contributed by atoms with Crippen LogP contribution in [0.25, 0.3) is 5.95 Å². The van der Waals surface area contributed by atoms with Crippen molar-refractivity contribution in [2.24, 2.45) is 0 Å². The quantitative estimate of drug-likeness (QED) is 0.0923. The first kappa shape index (κ1) is 55.0. The maximum atomic E-state index is 8.78. The van der Waals surface area contributed by atoms with Gasteiger partial charge in [-0.15, -0.1) is 35.6 Å². The van der Waals surface area contributed by atoms with Gasteiger partial charge in [-0.05, 0) is 124 Å². The van der Waals surface area contributed by atoms with Crippen molar-refractivity contribution in [1.82, 2.24) is 39.1 Å². The molecule has 5 aliphatic rings. The average molecular weight is 1060 g/mol. The zero-order valence-corrected chi connectivity index (χ0v) is 44.1. The highest BCUT2D eigenvalue weighted by Crippen LogP contribution is 2.36. The van der Waals surface area contributed by atoms with Crippen molar-refractivity contribution in [1.29, 1.82) is 0 Å². The van der Waals surface area contributed by atoms with Gasteiger partial charge in [0.1, 0.15) is 6.33 Å². The number of aliphatic hydroxyl groups is 1. The Morgan fingerprint density at radius 2 is 1.07 bits per heavy atom. The average Bonchev–Trinajstić information content (AvgIpc) is 4.25. The lowest BCUT2D eigenvalue weighted by Crippen LogP contribution is -2.33. The van der Waals surface area contributed by atoms with Gasteiger partial charge in [0.05, 0.1) is 18.3 Å². The second kappa shape index (κ2) is 27.5. The maximum absolute atomic E-state index is 8.78. The topological polar surface area (TPSA) is 151 Å². The van der Waals surface area contributed by atoms with Crippen LogP contribution in [0, 0.1) is 6.92 Å². The van der Waals surface area contributed by atoms with Gasteiger partial charge in [0, 0.05) is 75.7 Å². The molecule has 7 heterocycles. The zero-order chi connectivity index (χ0) is 50.2. The molecular formula is C53H65Cl3N8O9. The highest BCUT2D eigenvalue weighted by Gasteiger charge is 2.28. The number of likely N-dealkylation sites (N-methyl/N-ethyl adjacent to an activating group) is 2. The molecular weight excluding hydrogens is 999 g/mol. The molecule has 11 rings (SSSR count). The molecule has 20 heteroatoms. The number of fused-ring (bicyclic) bond motifs is 4. The normalized spacial score (nSPS) is 15.3. The van der Waals surface area contributed by atoms with Crippen molar-refractivity contribution >= 4 is 35.6 Å². The Morgan fingerprint density at radius 3 is 1.53 bits per heavy atom. The number of aryl methyl sites for hydroxylation is 1. The van der Waals surface area contributed by atoms with Crippen molar-refractivity contribution in [2.75, 3.05) is 93.5 Å². The molecule has 0 saturated carbocycles. The number of alkyl halides is 2. The molecule has 73 heavy (non-hydrogen) atoms. The van der Waals surface area contributed by atoms with E-state index in [4.69, 9.17) is 71.2 Å². The highest BCUT2D eigenvalue weighted by atomic mass is 35.5. The van der Waals surface area contributed by atoms with Crippen LogP contribution in [-0.4, -0.2) is 138 Å². The van der Waals surface area contributed by atoms with E-state index in [9.17, 15) is 0 Å². The van der Waals surface area contributed by atoms with E-state index in [-0.39, 0.29) is 19.0 Å². The lowest BCUT2D eigenvalue weighted by molar-refractivity contribution is 0.173. The Morgan fingerprint density at radius 1 is 0.603 bits per heavy atom. The number of aromatic nitrogens is 4. The predicted octanol–water partition coefficient (Wildman–Crippen LogP) is 8.47. The number of rotatable bonds is 16. The van der Waals surface area contributed by atoms with E-state index < -0.39 is 0 Å². The first-order valence-corrected chi connectivity index (χ1v) is 25.1. The standard InChI is InChI=1S/C23H28N6O2.C11H14ClNO2.C11H15NO3.C8H7ClO2.ClH/c1-17-12-19(26-23(25-17)29-9-7-24-15-29)20-4-3-8-28(20)11-10-27(2)14-18-5-6-21-22(13-18)31-16-30-21;1-13(5-4-12)7-9-2-3-10-11(6-9)15-8-14-10;1-12(4-5-13)7-9-2-3-10-11(6-9)15-8-14-10;9-4-6-1-2-7-8(3-6)11-5-10-7;/h5-7,9,12-13,15,20H,3-4,8,10-11,14,16H2,1-2H3;2-3,6H,4-5,7-8H2,1H3;2-3,6,13H,4-5,7-8H2,1H3;1-3H,4-5H2;1H. The molecule has 0 bridgehead atoms. The maximum Gasteiger partial charge on any atom is 0.235 e. The van der Waals surface area contributed by atoms with Gasteiger partial charge < -0.3 is 52.8 Å². The number of likely N-dealkylation sites (tertiary alicyclic amines) is 1. The summed E-state index contributed by atoms with van der Waals surface area (Å²) in [4.78, 5) is 22.7. The number of benzene rings is 4. The molecule has 1 saturated heterocycles. The van der Waals surface area contributed by atoms with Crippen LogP contribution < -0.4 is 37.9 Å². The fourth-order valence-electron chi connectivity index (χ4n) is 8.60. The molecule has 0 radical (unpaired) electrons. The third kappa shape index (κ3) is 15.6. The van der Waals surface area contributed by atoms with Gasteiger partial charge in [-0.1, -0.05) is 24.3 Å². The van der Waals surface area contributed by atoms with Gasteiger partial charge in [-0.25, -0.2) is 15.0 Å². The Labute approximate surface area is 443 Å². The van der Waals surface area contributed by atoms with Gasteiger partial charge in [-0.3, -0.25) is 14.4 Å². The minimum absolute atomic E-state index is 0. The number of aliphatic hydroxyl groups excluding tert-OH is 1. The van der Waals surface area contributed by atoms with Crippen LogP contribution >= 0.6 is 35.6 Å². The smallest absolute Gasteiger partial charge is 0.235 e. The summed E-state index contributed by atoms with van der Waals surface area (Å²) in [5.74, 6) is 8.43. The van der Waals surface area contributed by atoms with Crippen molar-refractivity contribution in [3.63, 3.8) is 0 Å². The summed E-state index contributed by atoms with van der Waals surface area (Å²) in [6, 6.07) is 26.3. The van der Waals surface area contributed by atoms with E-state index in [0.717, 1.165) is 121 Å². The SMILES string of the molecule is CN(CCCl)Cc1ccc2c(c1)OCO2.CN(CCO)Cc1ccc2c(c1)OCO2.Cc1cc(C2CCCN2CCN(C)Cc2ccc3c(c2)OCO3)nc(-n2ccnc2)n1.Cl.ClCc1ccc2c(c1)OCO2. The molecule has 1 atom stereocenters. The van der Waals surface area contributed by atoms with Crippen molar-refractivity contribution in [2.45, 2.75) is 51.3 Å². The summed E-state index contributed by atoms with van der Waals surface area (Å²) in [5.41, 5.74) is 6.76. The van der Waals surface area contributed by atoms with Gasteiger partial charge in [0.25, 0.3) is 0 Å². The van der Waals surface area contributed by atoms with Crippen LogP contribution in [0.3, 0.4) is 0 Å². The first-order chi connectivity index (χ1) is 35.1. The van der Waals surface area contributed by atoms with E-state index in [1.54, 1.807) is 12.5 Å². The highest BCUT2D eigenvalue weighted by molar-refractivity contribution is 6.18. The summed E-state index contributed by atoms with van der Waals surface area (Å²) in [6.07, 6.45) is 7.71. The molecule has 17 nitrogen and oxygen atoms in total. The summed E-state index contributed by atoms with van der Waals surface area (Å²) in [5, 5.41) is 8.78. The predicted molar refractivity (Wildman–Crippen MR) is 281 cm³/mol. The molecule has 0 spiro atoms. The first-order valence-electron chi connectivity index (χ1n) is 24.0. The molecule has 4 aromatic carbocycles. The third-order valence-corrected chi connectivity index (χ3v) is 12.8. The summed E-state index contributed by atoms with van der Waals surface area (Å²) in [7, 11) is 6.19. The monoisotopic (exact) mass is 1060 g/mol.